The Balaban J connectivity index is 0.00000289. The summed E-state index contributed by atoms with van der Waals surface area (Å²) in [5.74, 6) is -0.664. The second-order valence-electron chi connectivity index (χ2n) is 3.39. The van der Waals surface area contributed by atoms with E-state index in [0.29, 0.717) is 0 Å². The van der Waals surface area contributed by atoms with Crippen molar-refractivity contribution in [3.05, 3.63) is 23.5 Å². The van der Waals surface area contributed by atoms with Crippen molar-refractivity contribution in [1.29, 1.82) is 0 Å². The van der Waals surface area contributed by atoms with E-state index >= 15 is 0 Å². The van der Waals surface area contributed by atoms with E-state index < -0.39 is 15.8 Å². The van der Waals surface area contributed by atoms with Crippen molar-refractivity contribution < 1.29 is 17.5 Å². The average Bonchev–Trinajstić information content (AvgIpc) is 2.29. The SMILES string of the molecule is COc1ccc(S(=O)(=O)NCCN)c(C)c1F.Cl. The third-order valence-corrected chi connectivity index (χ3v) is 3.85. The monoisotopic (exact) mass is 298 g/mol. The zero-order chi connectivity index (χ0) is 13.1. The average molecular weight is 299 g/mol. The third-order valence-electron chi connectivity index (χ3n) is 2.25. The molecule has 0 amide bonds. The van der Waals surface area contributed by atoms with E-state index in [0.717, 1.165) is 0 Å². The number of hydrogen-bond acceptors (Lipinski definition) is 4. The maximum absolute atomic E-state index is 13.7. The molecule has 1 aromatic rings. The molecular weight excluding hydrogens is 283 g/mol. The molecule has 0 heterocycles. The van der Waals surface area contributed by atoms with Crippen LogP contribution in [0.4, 0.5) is 4.39 Å². The Bertz CT molecular complexity index is 508. The van der Waals surface area contributed by atoms with Crippen molar-refractivity contribution in [1.82, 2.24) is 4.72 Å². The largest absolute Gasteiger partial charge is 0.494 e. The second-order valence-corrected chi connectivity index (χ2v) is 5.13. The first kappa shape index (κ1) is 17.1. The van der Waals surface area contributed by atoms with Gasteiger partial charge in [-0.25, -0.2) is 17.5 Å². The Hall–Kier alpha value is -0.890. The molecule has 0 aromatic heterocycles. The van der Waals surface area contributed by atoms with Gasteiger partial charge in [-0.2, -0.15) is 0 Å². The molecule has 1 rings (SSSR count). The van der Waals surface area contributed by atoms with Crippen LogP contribution in [-0.2, 0) is 10.0 Å². The van der Waals surface area contributed by atoms with Crippen molar-refractivity contribution in [2.24, 2.45) is 5.73 Å². The highest BCUT2D eigenvalue weighted by molar-refractivity contribution is 7.89. The lowest BCUT2D eigenvalue weighted by Crippen LogP contribution is -2.29. The fourth-order valence-corrected chi connectivity index (χ4v) is 2.64. The summed E-state index contributed by atoms with van der Waals surface area (Å²) in [6, 6.07) is 2.58. The van der Waals surface area contributed by atoms with Gasteiger partial charge in [-0.3, -0.25) is 0 Å². The Morgan fingerprint density at radius 1 is 1.44 bits per heavy atom. The minimum Gasteiger partial charge on any atom is -0.494 e. The number of hydrogen-bond donors (Lipinski definition) is 2. The first-order valence-corrected chi connectivity index (χ1v) is 6.45. The molecule has 104 valence electrons. The van der Waals surface area contributed by atoms with Crippen LogP contribution >= 0.6 is 12.4 Å². The molecule has 0 radical (unpaired) electrons. The lowest BCUT2D eigenvalue weighted by atomic mass is 10.2. The topological polar surface area (TPSA) is 81.4 Å². The summed E-state index contributed by atoms with van der Waals surface area (Å²) >= 11 is 0. The second kappa shape index (κ2) is 6.89. The number of halogens is 2. The number of methoxy groups -OCH3 is 1. The fourth-order valence-electron chi connectivity index (χ4n) is 1.36. The number of rotatable bonds is 5. The molecule has 0 atom stereocenters. The summed E-state index contributed by atoms with van der Waals surface area (Å²) in [6.45, 7) is 1.67. The molecule has 0 aliphatic carbocycles. The van der Waals surface area contributed by atoms with Gasteiger partial charge in [-0.05, 0) is 19.1 Å². The molecule has 0 saturated carbocycles. The molecule has 18 heavy (non-hydrogen) atoms. The molecule has 0 unspecified atom stereocenters. The highest BCUT2D eigenvalue weighted by atomic mass is 35.5. The van der Waals surface area contributed by atoms with Crippen LogP contribution in [0.2, 0.25) is 0 Å². The van der Waals surface area contributed by atoms with Crippen LogP contribution in [0, 0.1) is 12.7 Å². The van der Waals surface area contributed by atoms with Gasteiger partial charge < -0.3 is 10.5 Å². The number of nitrogens with one attached hydrogen (secondary N) is 1. The van der Waals surface area contributed by atoms with Crippen molar-refractivity contribution >= 4 is 22.4 Å². The first-order chi connectivity index (χ1) is 7.94. The summed E-state index contributed by atoms with van der Waals surface area (Å²) in [4.78, 5) is -0.107. The fraction of sp³-hybridized carbons (Fsp3) is 0.400. The van der Waals surface area contributed by atoms with Crippen LogP contribution in [0.5, 0.6) is 5.75 Å². The zero-order valence-electron chi connectivity index (χ0n) is 10.1. The van der Waals surface area contributed by atoms with E-state index in [1.54, 1.807) is 0 Å². The van der Waals surface area contributed by atoms with Crippen molar-refractivity contribution in [2.45, 2.75) is 11.8 Å². The Kier molecular flexibility index (Phi) is 6.55. The molecule has 0 aliphatic heterocycles. The minimum absolute atomic E-state index is 0. The molecule has 5 nitrogen and oxygen atoms in total. The molecule has 0 spiro atoms. The van der Waals surface area contributed by atoms with Gasteiger partial charge in [0.2, 0.25) is 10.0 Å². The van der Waals surface area contributed by atoms with Gasteiger partial charge in [0.1, 0.15) is 0 Å². The predicted octanol–water partition coefficient (Wildman–Crippen LogP) is 0.802. The van der Waals surface area contributed by atoms with Crippen molar-refractivity contribution in [3.63, 3.8) is 0 Å². The van der Waals surface area contributed by atoms with Gasteiger partial charge in [-0.15, -0.1) is 12.4 Å². The van der Waals surface area contributed by atoms with Crippen molar-refractivity contribution in [2.75, 3.05) is 20.2 Å². The molecule has 1 aromatic carbocycles. The normalized spacial score (nSPS) is 10.9. The van der Waals surface area contributed by atoms with E-state index in [2.05, 4.69) is 4.72 Å². The molecule has 0 bridgehead atoms. The Labute approximate surface area is 112 Å². The van der Waals surface area contributed by atoms with E-state index in [1.807, 2.05) is 0 Å². The lowest BCUT2D eigenvalue weighted by molar-refractivity contribution is 0.384. The predicted molar refractivity (Wildman–Crippen MR) is 69.2 cm³/mol. The zero-order valence-corrected chi connectivity index (χ0v) is 11.7. The lowest BCUT2D eigenvalue weighted by Gasteiger charge is -2.11. The Morgan fingerprint density at radius 2 is 2.06 bits per heavy atom. The summed E-state index contributed by atoms with van der Waals surface area (Å²) < 4.78 is 44.3. The van der Waals surface area contributed by atoms with Crippen LogP contribution in [0.3, 0.4) is 0 Å². The van der Waals surface area contributed by atoms with Gasteiger partial charge in [-0.1, -0.05) is 0 Å². The maximum Gasteiger partial charge on any atom is 0.240 e. The smallest absolute Gasteiger partial charge is 0.240 e. The van der Waals surface area contributed by atoms with Crippen LogP contribution in [0.25, 0.3) is 0 Å². The quantitative estimate of drug-likeness (QED) is 0.842. The van der Waals surface area contributed by atoms with E-state index in [1.165, 1.54) is 26.2 Å². The van der Waals surface area contributed by atoms with Gasteiger partial charge in [0.25, 0.3) is 0 Å². The van der Waals surface area contributed by atoms with Crippen molar-refractivity contribution in [3.8, 4) is 5.75 Å². The van der Waals surface area contributed by atoms with Crippen LogP contribution in [0.15, 0.2) is 17.0 Å². The molecule has 0 fully saturated rings. The van der Waals surface area contributed by atoms with E-state index in [-0.39, 0.29) is 41.7 Å². The number of nitrogens with two attached hydrogens (primary N) is 1. The number of ether oxygens (including phenoxy) is 1. The summed E-state index contributed by atoms with van der Waals surface area (Å²) in [7, 11) is -2.41. The van der Waals surface area contributed by atoms with Gasteiger partial charge >= 0.3 is 0 Å². The number of benzene rings is 1. The first-order valence-electron chi connectivity index (χ1n) is 4.97. The summed E-state index contributed by atoms with van der Waals surface area (Å²) in [5, 5.41) is 0. The van der Waals surface area contributed by atoms with Crippen LogP contribution < -0.4 is 15.2 Å². The molecular formula is C10H16ClFN2O3S. The highest BCUT2D eigenvalue weighted by Crippen LogP contribution is 2.25. The third kappa shape index (κ3) is 3.55. The molecule has 3 N–H and O–H groups in total. The molecule has 0 saturated heterocycles. The standard InChI is InChI=1S/C10H15FN2O3S.ClH/c1-7-9(17(14,15)13-6-5-12)4-3-8(16-2)10(7)11;/h3-4,13H,5-6,12H2,1-2H3;1H. The van der Waals surface area contributed by atoms with E-state index in [4.69, 9.17) is 10.5 Å². The van der Waals surface area contributed by atoms with Gasteiger partial charge in [0.05, 0.1) is 12.0 Å². The Morgan fingerprint density at radius 3 is 2.56 bits per heavy atom. The molecule has 8 heteroatoms. The summed E-state index contributed by atoms with van der Waals surface area (Å²) in [5.41, 5.74) is 5.23. The molecule has 0 aliphatic rings. The van der Waals surface area contributed by atoms with E-state index in [9.17, 15) is 12.8 Å². The van der Waals surface area contributed by atoms with Gasteiger partial charge in [0.15, 0.2) is 11.6 Å². The van der Waals surface area contributed by atoms with Crippen LogP contribution in [0.1, 0.15) is 5.56 Å². The highest BCUT2D eigenvalue weighted by Gasteiger charge is 2.20. The number of sulfonamides is 1. The van der Waals surface area contributed by atoms with Crippen LogP contribution in [-0.4, -0.2) is 28.6 Å². The summed E-state index contributed by atoms with van der Waals surface area (Å²) in [6.07, 6.45) is 0. The van der Waals surface area contributed by atoms with Gasteiger partial charge in [0, 0.05) is 18.7 Å². The minimum atomic E-state index is -3.73. The maximum atomic E-state index is 13.7.